The molecule has 0 saturated carbocycles. The third-order valence-corrected chi connectivity index (χ3v) is 6.19. The largest absolute Gasteiger partial charge is 0.495 e. The van der Waals surface area contributed by atoms with Crippen LogP contribution in [0.25, 0.3) is 0 Å². The fraction of sp³-hybridized carbons (Fsp3) is 0.353. The molecule has 22 heavy (non-hydrogen) atoms. The van der Waals surface area contributed by atoms with Crippen molar-refractivity contribution in [3.63, 3.8) is 0 Å². The Balaban J connectivity index is 1.87. The highest BCUT2D eigenvalue weighted by molar-refractivity contribution is 7.90. The molecule has 0 N–H and O–H groups in total. The Hall–Kier alpha value is -1.88. The van der Waals surface area contributed by atoms with Crippen LogP contribution in [0.3, 0.4) is 0 Å². The Morgan fingerprint density at radius 1 is 1.23 bits per heavy atom. The van der Waals surface area contributed by atoms with Gasteiger partial charge in [-0.2, -0.15) is 0 Å². The van der Waals surface area contributed by atoms with Crippen molar-refractivity contribution in [2.45, 2.75) is 30.3 Å². The maximum atomic E-state index is 12.8. The van der Waals surface area contributed by atoms with E-state index in [0.29, 0.717) is 17.9 Å². The Labute approximate surface area is 131 Å². The molecule has 2 aromatic rings. The summed E-state index contributed by atoms with van der Waals surface area (Å²) in [7, 11) is -1.71. The van der Waals surface area contributed by atoms with Crippen molar-refractivity contribution >= 4 is 9.84 Å². The first kappa shape index (κ1) is 15.0. The monoisotopic (exact) mass is 317 g/mol. The Morgan fingerprint density at radius 2 is 2.05 bits per heavy atom. The number of aromatic nitrogens is 1. The number of rotatable bonds is 4. The van der Waals surface area contributed by atoms with E-state index in [1.54, 1.807) is 25.4 Å². The van der Waals surface area contributed by atoms with Crippen LogP contribution in [0.2, 0.25) is 0 Å². The number of pyridine rings is 1. The van der Waals surface area contributed by atoms with Gasteiger partial charge in [-0.1, -0.05) is 24.3 Å². The number of ether oxygens (including phenoxy) is 1. The zero-order chi connectivity index (χ0) is 15.6. The van der Waals surface area contributed by atoms with Crippen LogP contribution in [-0.2, 0) is 22.0 Å². The molecule has 116 valence electrons. The van der Waals surface area contributed by atoms with Gasteiger partial charge in [-0.3, -0.25) is 4.98 Å². The molecule has 1 aliphatic carbocycles. The molecule has 1 aliphatic rings. The van der Waals surface area contributed by atoms with E-state index in [1.807, 2.05) is 24.3 Å². The number of aryl methyl sites for hydroxylation is 1. The lowest BCUT2D eigenvalue weighted by atomic mass is 9.91. The summed E-state index contributed by atoms with van der Waals surface area (Å²) in [4.78, 5) is 4.18. The van der Waals surface area contributed by atoms with E-state index in [-0.39, 0.29) is 5.75 Å². The van der Waals surface area contributed by atoms with Gasteiger partial charge in [0.05, 0.1) is 30.0 Å². The van der Waals surface area contributed by atoms with Gasteiger partial charge in [0.2, 0.25) is 0 Å². The fourth-order valence-corrected chi connectivity index (χ4v) is 4.93. The summed E-state index contributed by atoms with van der Waals surface area (Å²) in [6.45, 7) is 0. The summed E-state index contributed by atoms with van der Waals surface area (Å²) in [6, 6.07) is 11.3. The van der Waals surface area contributed by atoms with Gasteiger partial charge in [-0.15, -0.1) is 0 Å². The van der Waals surface area contributed by atoms with E-state index >= 15 is 0 Å². The highest BCUT2D eigenvalue weighted by Gasteiger charge is 2.31. The summed E-state index contributed by atoms with van der Waals surface area (Å²) < 4.78 is 30.7. The Kier molecular flexibility index (Phi) is 4.16. The van der Waals surface area contributed by atoms with Crippen molar-refractivity contribution in [2.75, 3.05) is 7.11 Å². The predicted octanol–water partition coefficient (Wildman–Crippen LogP) is 3.08. The van der Waals surface area contributed by atoms with Crippen molar-refractivity contribution in [1.29, 1.82) is 0 Å². The SMILES string of the molecule is COc1ccc(CS(=O)(=O)C2CCCc3ccccc32)nc1. The van der Waals surface area contributed by atoms with Crippen LogP contribution >= 0.6 is 0 Å². The molecule has 1 aromatic heterocycles. The first-order valence-electron chi connectivity index (χ1n) is 7.38. The molecule has 0 radical (unpaired) electrons. The van der Waals surface area contributed by atoms with Gasteiger partial charge in [-0.05, 0) is 42.5 Å². The van der Waals surface area contributed by atoms with Crippen LogP contribution in [-0.4, -0.2) is 20.5 Å². The molecule has 0 spiro atoms. The summed E-state index contributed by atoms with van der Waals surface area (Å²) in [5, 5.41) is -0.415. The molecule has 0 fully saturated rings. The molecule has 4 nitrogen and oxygen atoms in total. The topological polar surface area (TPSA) is 56.3 Å². The van der Waals surface area contributed by atoms with E-state index in [0.717, 1.165) is 24.0 Å². The molecule has 0 bridgehead atoms. The first-order valence-corrected chi connectivity index (χ1v) is 9.10. The summed E-state index contributed by atoms with van der Waals surface area (Å²) in [5.41, 5.74) is 2.68. The van der Waals surface area contributed by atoms with Crippen LogP contribution in [0.15, 0.2) is 42.6 Å². The molecule has 1 atom stereocenters. The van der Waals surface area contributed by atoms with Crippen molar-refractivity contribution in [1.82, 2.24) is 4.98 Å². The molecular formula is C17H19NO3S. The van der Waals surface area contributed by atoms with Crippen molar-refractivity contribution in [3.8, 4) is 5.75 Å². The van der Waals surface area contributed by atoms with Gasteiger partial charge in [0, 0.05) is 0 Å². The van der Waals surface area contributed by atoms with Crippen LogP contribution < -0.4 is 4.74 Å². The van der Waals surface area contributed by atoms with Gasteiger partial charge >= 0.3 is 0 Å². The van der Waals surface area contributed by atoms with Crippen LogP contribution in [0, 0.1) is 0 Å². The summed E-state index contributed by atoms with van der Waals surface area (Å²) in [6.07, 6.45) is 4.12. The number of hydrogen-bond donors (Lipinski definition) is 0. The third kappa shape index (κ3) is 2.99. The maximum absolute atomic E-state index is 12.8. The minimum atomic E-state index is -3.27. The lowest BCUT2D eigenvalue weighted by Crippen LogP contribution is -2.20. The number of nitrogens with zero attached hydrogens (tertiary/aromatic N) is 1. The lowest BCUT2D eigenvalue weighted by molar-refractivity contribution is 0.412. The van der Waals surface area contributed by atoms with Gasteiger partial charge < -0.3 is 4.74 Å². The molecule has 0 saturated heterocycles. The van der Waals surface area contributed by atoms with Crippen LogP contribution in [0.5, 0.6) is 5.75 Å². The average Bonchev–Trinajstić information content (AvgIpc) is 2.54. The quantitative estimate of drug-likeness (QED) is 0.869. The predicted molar refractivity (Wildman–Crippen MR) is 85.5 cm³/mol. The molecule has 1 unspecified atom stereocenters. The summed E-state index contributed by atoms with van der Waals surface area (Å²) >= 11 is 0. The maximum Gasteiger partial charge on any atom is 0.162 e. The smallest absolute Gasteiger partial charge is 0.162 e. The van der Waals surface area contributed by atoms with E-state index in [2.05, 4.69) is 4.98 Å². The average molecular weight is 317 g/mol. The van der Waals surface area contributed by atoms with Crippen molar-refractivity contribution in [3.05, 3.63) is 59.4 Å². The summed E-state index contributed by atoms with van der Waals surface area (Å²) in [5.74, 6) is 0.597. The minimum Gasteiger partial charge on any atom is -0.495 e. The minimum absolute atomic E-state index is 0.0318. The fourth-order valence-electron chi connectivity index (χ4n) is 3.01. The number of sulfone groups is 1. The first-order chi connectivity index (χ1) is 10.6. The molecule has 1 heterocycles. The standard InChI is InChI=1S/C17H19NO3S/c1-21-15-10-9-14(18-11-15)12-22(19,20)17-8-4-6-13-5-2-3-7-16(13)17/h2-3,5,7,9-11,17H,4,6,8,12H2,1H3. The highest BCUT2D eigenvalue weighted by atomic mass is 32.2. The molecule has 0 amide bonds. The number of benzene rings is 1. The van der Waals surface area contributed by atoms with Crippen molar-refractivity contribution in [2.24, 2.45) is 0 Å². The normalized spacial score (nSPS) is 17.8. The molecule has 1 aromatic carbocycles. The second-order valence-electron chi connectivity index (χ2n) is 5.58. The van der Waals surface area contributed by atoms with E-state index < -0.39 is 15.1 Å². The lowest BCUT2D eigenvalue weighted by Gasteiger charge is -2.25. The zero-order valence-electron chi connectivity index (χ0n) is 12.5. The molecule has 3 rings (SSSR count). The Morgan fingerprint density at radius 3 is 2.77 bits per heavy atom. The van der Waals surface area contributed by atoms with Crippen LogP contribution in [0.4, 0.5) is 0 Å². The third-order valence-electron chi connectivity index (χ3n) is 4.13. The van der Waals surface area contributed by atoms with Gasteiger partial charge in [-0.25, -0.2) is 8.42 Å². The van der Waals surface area contributed by atoms with E-state index in [9.17, 15) is 8.42 Å². The highest BCUT2D eigenvalue weighted by Crippen LogP contribution is 2.36. The van der Waals surface area contributed by atoms with E-state index in [1.165, 1.54) is 0 Å². The van der Waals surface area contributed by atoms with Gasteiger partial charge in [0.25, 0.3) is 0 Å². The van der Waals surface area contributed by atoms with E-state index in [4.69, 9.17) is 4.74 Å². The number of methoxy groups -OCH3 is 1. The second kappa shape index (κ2) is 6.08. The van der Waals surface area contributed by atoms with Gasteiger partial charge in [0.15, 0.2) is 9.84 Å². The van der Waals surface area contributed by atoms with Crippen LogP contribution in [0.1, 0.15) is 34.9 Å². The molecule has 0 aliphatic heterocycles. The van der Waals surface area contributed by atoms with Gasteiger partial charge in [0.1, 0.15) is 5.75 Å². The second-order valence-corrected chi connectivity index (χ2v) is 7.76. The zero-order valence-corrected chi connectivity index (χ0v) is 13.3. The Bertz CT molecular complexity index is 754. The molecule has 5 heteroatoms. The van der Waals surface area contributed by atoms with Crippen molar-refractivity contribution < 1.29 is 13.2 Å². The number of hydrogen-bond acceptors (Lipinski definition) is 4. The number of fused-ring (bicyclic) bond motifs is 1. The molecular weight excluding hydrogens is 298 g/mol.